The summed E-state index contributed by atoms with van der Waals surface area (Å²) in [5.41, 5.74) is 5.04. The normalized spacial score (nSPS) is 10.5. The first-order chi connectivity index (χ1) is 14.2. The highest BCUT2D eigenvalue weighted by Gasteiger charge is 2.06. The number of carbonyl (C=O) groups excluding carboxylic acids is 2. The summed E-state index contributed by atoms with van der Waals surface area (Å²) in [7, 11) is 1.34. The Balaban J connectivity index is 1.61. The molecule has 0 unspecified atom stereocenters. The zero-order valence-corrected chi connectivity index (χ0v) is 15.7. The van der Waals surface area contributed by atoms with E-state index in [0.29, 0.717) is 29.0 Å². The Morgan fingerprint density at radius 2 is 1.72 bits per heavy atom. The monoisotopic (exact) mass is 389 g/mol. The molecule has 0 saturated heterocycles. The molecule has 0 atom stereocenters. The molecule has 0 saturated carbocycles. The van der Waals surface area contributed by atoms with Crippen LogP contribution in [0.5, 0.6) is 5.75 Å². The SMILES string of the molecule is COC(=O)c1ccc(COc2ccccc2/C=N/NC(=O)c2ccncc2)cc1. The number of nitrogens with one attached hydrogen (secondary N) is 1. The van der Waals surface area contributed by atoms with Crippen molar-refractivity contribution in [3.63, 3.8) is 0 Å². The summed E-state index contributed by atoms with van der Waals surface area (Å²) in [6.07, 6.45) is 4.60. The third kappa shape index (κ3) is 5.49. The quantitative estimate of drug-likeness (QED) is 0.381. The molecule has 3 aromatic rings. The Bertz CT molecular complexity index is 1000. The lowest BCUT2D eigenvalue weighted by atomic mass is 10.1. The molecule has 0 aliphatic heterocycles. The second-order valence-electron chi connectivity index (χ2n) is 5.95. The summed E-state index contributed by atoms with van der Waals surface area (Å²) in [5.74, 6) is -0.0907. The number of hydrazone groups is 1. The van der Waals surface area contributed by atoms with Crippen LogP contribution < -0.4 is 10.2 Å². The molecule has 0 radical (unpaired) electrons. The van der Waals surface area contributed by atoms with Crippen LogP contribution in [0.4, 0.5) is 0 Å². The number of amides is 1. The van der Waals surface area contributed by atoms with Crippen molar-refractivity contribution in [2.75, 3.05) is 7.11 Å². The van der Waals surface area contributed by atoms with Crippen LogP contribution in [0, 0.1) is 0 Å². The highest BCUT2D eigenvalue weighted by Crippen LogP contribution is 2.18. The average Bonchev–Trinajstić information content (AvgIpc) is 2.78. The van der Waals surface area contributed by atoms with Crippen molar-refractivity contribution in [1.29, 1.82) is 0 Å². The molecule has 2 aromatic carbocycles. The van der Waals surface area contributed by atoms with E-state index >= 15 is 0 Å². The van der Waals surface area contributed by atoms with Crippen molar-refractivity contribution in [1.82, 2.24) is 10.4 Å². The Hall–Kier alpha value is -4.00. The van der Waals surface area contributed by atoms with Gasteiger partial charge in [0, 0.05) is 23.5 Å². The first kappa shape index (κ1) is 19.8. The predicted octanol–water partition coefficient (Wildman–Crippen LogP) is 3.21. The van der Waals surface area contributed by atoms with Gasteiger partial charge in [0.2, 0.25) is 0 Å². The summed E-state index contributed by atoms with van der Waals surface area (Å²) in [5, 5.41) is 4.00. The maximum absolute atomic E-state index is 12.0. The van der Waals surface area contributed by atoms with E-state index in [0.717, 1.165) is 5.56 Å². The second kappa shape index (κ2) is 9.80. The lowest BCUT2D eigenvalue weighted by Gasteiger charge is -2.09. The van der Waals surface area contributed by atoms with E-state index in [2.05, 4.69) is 20.2 Å². The minimum absolute atomic E-state index is 0.315. The van der Waals surface area contributed by atoms with Crippen LogP contribution in [-0.4, -0.2) is 30.2 Å². The van der Waals surface area contributed by atoms with Crippen molar-refractivity contribution in [3.05, 3.63) is 95.3 Å². The molecule has 7 heteroatoms. The predicted molar refractivity (Wildman–Crippen MR) is 108 cm³/mol. The summed E-state index contributed by atoms with van der Waals surface area (Å²) in [6.45, 7) is 0.315. The summed E-state index contributed by atoms with van der Waals surface area (Å²) < 4.78 is 10.5. The highest BCUT2D eigenvalue weighted by molar-refractivity contribution is 5.95. The van der Waals surface area contributed by atoms with Crippen molar-refractivity contribution >= 4 is 18.1 Å². The lowest BCUT2D eigenvalue weighted by molar-refractivity contribution is 0.0600. The van der Waals surface area contributed by atoms with Crippen LogP contribution >= 0.6 is 0 Å². The number of rotatable bonds is 7. The van der Waals surface area contributed by atoms with E-state index in [9.17, 15) is 9.59 Å². The van der Waals surface area contributed by atoms with Gasteiger partial charge in [-0.1, -0.05) is 24.3 Å². The number of para-hydroxylation sites is 1. The molecule has 146 valence electrons. The highest BCUT2D eigenvalue weighted by atomic mass is 16.5. The van der Waals surface area contributed by atoms with Gasteiger partial charge < -0.3 is 9.47 Å². The fourth-order valence-electron chi connectivity index (χ4n) is 2.46. The second-order valence-corrected chi connectivity index (χ2v) is 5.95. The summed E-state index contributed by atoms with van der Waals surface area (Å²) in [4.78, 5) is 27.4. The molecular weight excluding hydrogens is 370 g/mol. The van der Waals surface area contributed by atoms with E-state index in [1.807, 2.05) is 24.3 Å². The summed E-state index contributed by atoms with van der Waals surface area (Å²) in [6, 6.07) is 17.5. The number of ether oxygens (including phenoxy) is 2. The molecule has 1 aromatic heterocycles. The molecule has 3 rings (SSSR count). The van der Waals surface area contributed by atoms with Crippen LogP contribution in [0.3, 0.4) is 0 Å². The van der Waals surface area contributed by atoms with E-state index < -0.39 is 0 Å². The van der Waals surface area contributed by atoms with Crippen LogP contribution in [-0.2, 0) is 11.3 Å². The molecule has 1 amide bonds. The van der Waals surface area contributed by atoms with Gasteiger partial charge in [0.15, 0.2) is 0 Å². The number of esters is 1. The van der Waals surface area contributed by atoms with E-state index in [-0.39, 0.29) is 11.9 Å². The smallest absolute Gasteiger partial charge is 0.337 e. The van der Waals surface area contributed by atoms with Crippen LogP contribution in [0.25, 0.3) is 0 Å². The van der Waals surface area contributed by atoms with E-state index in [4.69, 9.17) is 4.74 Å². The first-order valence-corrected chi connectivity index (χ1v) is 8.80. The van der Waals surface area contributed by atoms with Gasteiger partial charge in [-0.2, -0.15) is 5.10 Å². The maximum Gasteiger partial charge on any atom is 0.337 e. The molecule has 0 fully saturated rings. The van der Waals surface area contributed by atoms with Crippen LogP contribution in [0.1, 0.15) is 31.8 Å². The van der Waals surface area contributed by atoms with Gasteiger partial charge in [-0.25, -0.2) is 10.2 Å². The number of methoxy groups -OCH3 is 1. The Morgan fingerprint density at radius 1 is 1.00 bits per heavy atom. The van der Waals surface area contributed by atoms with Gasteiger partial charge in [0.25, 0.3) is 5.91 Å². The number of benzene rings is 2. The number of hydrogen-bond acceptors (Lipinski definition) is 6. The van der Waals surface area contributed by atoms with Crippen LogP contribution in [0.15, 0.2) is 78.2 Å². The van der Waals surface area contributed by atoms with Crippen molar-refractivity contribution in [2.45, 2.75) is 6.61 Å². The molecule has 0 aliphatic rings. The largest absolute Gasteiger partial charge is 0.488 e. The Morgan fingerprint density at radius 3 is 2.45 bits per heavy atom. The summed E-state index contributed by atoms with van der Waals surface area (Å²) >= 11 is 0. The topological polar surface area (TPSA) is 89.9 Å². The molecule has 29 heavy (non-hydrogen) atoms. The molecule has 0 aliphatic carbocycles. The molecule has 1 N–H and O–H groups in total. The van der Waals surface area contributed by atoms with Crippen molar-refractivity contribution in [3.8, 4) is 5.75 Å². The number of aromatic nitrogens is 1. The molecular formula is C22H19N3O4. The standard InChI is InChI=1S/C22H19N3O4/c1-28-22(27)18-8-6-16(7-9-18)15-29-20-5-3-2-4-19(20)14-24-25-21(26)17-10-12-23-13-11-17/h2-14H,15H2,1H3,(H,25,26)/b24-14+. The molecule has 0 spiro atoms. The number of carbonyl (C=O) groups is 2. The van der Waals surface area contributed by atoms with Gasteiger partial charge in [-0.3, -0.25) is 9.78 Å². The Kier molecular flexibility index (Phi) is 6.67. The zero-order valence-electron chi connectivity index (χ0n) is 15.7. The van der Waals surface area contributed by atoms with Gasteiger partial charge in [-0.05, 0) is 42.0 Å². The van der Waals surface area contributed by atoms with Crippen molar-refractivity contribution < 1.29 is 19.1 Å². The third-order valence-electron chi connectivity index (χ3n) is 4.00. The average molecular weight is 389 g/mol. The Labute approximate surface area is 168 Å². The van der Waals surface area contributed by atoms with Gasteiger partial charge >= 0.3 is 5.97 Å². The van der Waals surface area contributed by atoms with E-state index in [1.165, 1.54) is 13.3 Å². The number of nitrogens with zero attached hydrogens (tertiary/aromatic N) is 2. The van der Waals surface area contributed by atoms with Gasteiger partial charge in [0.05, 0.1) is 18.9 Å². The molecule has 1 heterocycles. The number of pyridine rings is 1. The molecule has 0 bridgehead atoms. The third-order valence-corrected chi connectivity index (χ3v) is 4.00. The zero-order chi connectivity index (χ0) is 20.5. The number of hydrogen-bond donors (Lipinski definition) is 1. The van der Waals surface area contributed by atoms with Crippen molar-refractivity contribution in [2.24, 2.45) is 5.10 Å². The fourth-order valence-corrected chi connectivity index (χ4v) is 2.46. The van der Waals surface area contributed by atoms with E-state index in [1.54, 1.807) is 48.8 Å². The van der Waals surface area contributed by atoms with Crippen LogP contribution in [0.2, 0.25) is 0 Å². The van der Waals surface area contributed by atoms with Gasteiger partial charge in [-0.15, -0.1) is 0 Å². The van der Waals surface area contributed by atoms with Gasteiger partial charge in [0.1, 0.15) is 12.4 Å². The molecule has 7 nitrogen and oxygen atoms in total. The first-order valence-electron chi connectivity index (χ1n) is 8.80. The lowest BCUT2D eigenvalue weighted by Crippen LogP contribution is -2.17. The maximum atomic E-state index is 12.0. The minimum atomic E-state index is -0.382. The fraction of sp³-hybridized carbons (Fsp3) is 0.0909. The minimum Gasteiger partial charge on any atom is -0.488 e.